The molecular weight excluding hydrogens is 408 g/mol. The fourth-order valence-corrected chi connectivity index (χ4v) is 4.83. The number of nitrogens with one attached hydrogen (secondary N) is 2. The average Bonchev–Trinajstić information content (AvgIpc) is 3.41. The van der Waals surface area contributed by atoms with Crippen molar-refractivity contribution in [2.75, 3.05) is 11.9 Å². The van der Waals surface area contributed by atoms with Crippen molar-refractivity contribution in [1.29, 1.82) is 0 Å². The first-order valence-electron chi connectivity index (χ1n) is 11.3. The SMILES string of the molecule is Cc1cc(CC(=O)Nc2cc([C@H]3CC[C@@H](N4CC(C)(C)NC4=O)C3)n(C(C)(C)C)n2)on1. The maximum absolute atomic E-state index is 12.5. The van der Waals surface area contributed by atoms with Crippen LogP contribution >= 0.6 is 0 Å². The van der Waals surface area contributed by atoms with E-state index < -0.39 is 0 Å². The molecule has 4 rings (SSSR count). The number of anilines is 1. The van der Waals surface area contributed by atoms with E-state index in [2.05, 4.69) is 50.4 Å². The number of amides is 3. The fraction of sp³-hybridized carbons (Fsp3) is 0.652. The molecule has 174 valence electrons. The molecule has 2 aliphatic rings. The summed E-state index contributed by atoms with van der Waals surface area (Å²) < 4.78 is 7.16. The Morgan fingerprint density at radius 2 is 2.06 bits per heavy atom. The van der Waals surface area contributed by atoms with Crippen LogP contribution in [-0.4, -0.2) is 49.9 Å². The van der Waals surface area contributed by atoms with Crippen LogP contribution in [0.2, 0.25) is 0 Å². The Labute approximate surface area is 188 Å². The Balaban J connectivity index is 1.49. The Hall–Kier alpha value is -2.84. The van der Waals surface area contributed by atoms with Crippen LogP contribution < -0.4 is 10.6 Å². The molecule has 3 amide bonds. The molecule has 2 aromatic heterocycles. The molecular formula is C23H34N6O3. The number of hydrogen-bond donors (Lipinski definition) is 2. The number of hydrogen-bond acceptors (Lipinski definition) is 5. The topological polar surface area (TPSA) is 105 Å². The highest BCUT2D eigenvalue weighted by Crippen LogP contribution is 2.40. The zero-order chi connectivity index (χ0) is 23.3. The van der Waals surface area contributed by atoms with Gasteiger partial charge in [0.15, 0.2) is 5.82 Å². The molecule has 0 bridgehead atoms. The van der Waals surface area contributed by atoms with Crippen LogP contribution in [0.25, 0.3) is 0 Å². The van der Waals surface area contributed by atoms with Gasteiger partial charge in [0.25, 0.3) is 0 Å². The third-order valence-corrected chi connectivity index (χ3v) is 6.19. The number of carbonyl (C=O) groups is 2. The van der Waals surface area contributed by atoms with Crippen molar-refractivity contribution >= 4 is 17.8 Å². The van der Waals surface area contributed by atoms with Gasteiger partial charge in [-0.1, -0.05) is 5.16 Å². The summed E-state index contributed by atoms with van der Waals surface area (Å²) in [6, 6.07) is 3.99. The first-order valence-corrected chi connectivity index (χ1v) is 11.3. The maximum atomic E-state index is 12.5. The van der Waals surface area contributed by atoms with Gasteiger partial charge in [-0.25, -0.2) is 4.79 Å². The Kier molecular flexibility index (Phi) is 5.55. The number of carbonyl (C=O) groups excluding carboxylic acids is 2. The molecule has 0 spiro atoms. The van der Waals surface area contributed by atoms with E-state index in [0.29, 0.717) is 11.6 Å². The van der Waals surface area contributed by atoms with Gasteiger partial charge < -0.3 is 20.1 Å². The zero-order valence-electron chi connectivity index (χ0n) is 19.9. The minimum Gasteiger partial charge on any atom is -0.361 e. The smallest absolute Gasteiger partial charge is 0.318 e. The number of rotatable bonds is 5. The van der Waals surface area contributed by atoms with Crippen LogP contribution in [0.5, 0.6) is 0 Å². The highest BCUT2D eigenvalue weighted by Gasteiger charge is 2.42. The number of aromatic nitrogens is 3. The quantitative estimate of drug-likeness (QED) is 0.737. The molecule has 0 unspecified atom stereocenters. The lowest BCUT2D eigenvalue weighted by molar-refractivity contribution is -0.115. The highest BCUT2D eigenvalue weighted by molar-refractivity contribution is 5.91. The van der Waals surface area contributed by atoms with Crippen molar-refractivity contribution in [3.05, 3.63) is 29.3 Å². The van der Waals surface area contributed by atoms with Gasteiger partial charge in [-0.3, -0.25) is 9.48 Å². The predicted octanol–water partition coefficient (Wildman–Crippen LogP) is 3.56. The Bertz CT molecular complexity index is 1020. The van der Waals surface area contributed by atoms with Gasteiger partial charge in [0.05, 0.1) is 23.2 Å². The normalized spacial score (nSPS) is 22.9. The van der Waals surface area contributed by atoms with Gasteiger partial charge in [0.2, 0.25) is 5.91 Å². The van der Waals surface area contributed by atoms with Gasteiger partial charge in [-0.2, -0.15) is 5.10 Å². The van der Waals surface area contributed by atoms with Crippen LogP contribution in [0.4, 0.5) is 10.6 Å². The summed E-state index contributed by atoms with van der Waals surface area (Å²) in [5.41, 5.74) is 1.43. The van der Waals surface area contributed by atoms with Crippen molar-refractivity contribution in [3.8, 4) is 0 Å². The second kappa shape index (κ2) is 7.94. The molecule has 1 saturated heterocycles. The average molecular weight is 443 g/mol. The summed E-state index contributed by atoms with van der Waals surface area (Å²) >= 11 is 0. The standard InChI is InChI=1S/C23H34N6O3/c1-14-9-17(32-27-14)11-20(30)24-19-12-18(29(26-19)22(2,3)4)15-7-8-16(10-15)28-13-23(5,6)25-21(28)31/h9,12,15-16H,7-8,10-11,13H2,1-6H3,(H,25,31)(H,24,26,30)/t15-,16+/m0/s1. The molecule has 9 heteroatoms. The lowest BCUT2D eigenvalue weighted by atomic mass is 10.0. The van der Waals surface area contributed by atoms with Crippen LogP contribution in [0.3, 0.4) is 0 Å². The molecule has 1 aliphatic heterocycles. The molecule has 0 radical (unpaired) electrons. The molecule has 2 fully saturated rings. The van der Waals surface area contributed by atoms with Crippen LogP contribution in [0.1, 0.15) is 76.9 Å². The van der Waals surface area contributed by atoms with Gasteiger partial charge in [-0.15, -0.1) is 0 Å². The first-order chi connectivity index (χ1) is 14.9. The van der Waals surface area contributed by atoms with E-state index in [-0.39, 0.29) is 41.4 Å². The maximum Gasteiger partial charge on any atom is 0.318 e. The van der Waals surface area contributed by atoms with Gasteiger partial charge in [0, 0.05) is 36.3 Å². The summed E-state index contributed by atoms with van der Waals surface area (Å²) in [5, 5.41) is 14.5. The van der Waals surface area contributed by atoms with Crippen LogP contribution in [0.15, 0.2) is 16.7 Å². The first kappa shape index (κ1) is 22.4. The van der Waals surface area contributed by atoms with Crippen molar-refractivity contribution in [2.45, 2.75) is 90.3 Å². The zero-order valence-corrected chi connectivity index (χ0v) is 19.9. The molecule has 32 heavy (non-hydrogen) atoms. The lowest BCUT2D eigenvalue weighted by Gasteiger charge is -2.26. The Morgan fingerprint density at radius 1 is 1.31 bits per heavy atom. The van der Waals surface area contributed by atoms with E-state index in [1.54, 1.807) is 6.07 Å². The van der Waals surface area contributed by atoms with Crippen molar-refractivity contribution < 1.29 is 14.1 Å². The second-order valence-corrected chi connectivity index (χ2v) is 10.8. The van der Waals surface area contributed by atoms with E-state index in [9.17, 15) is 9.59 Å². The lowest BCUT2D eigenvalue weighted by Crippen LogP contribution is -2.36. The molecule has 3 heterocycles. The minimum atomic E-state index is -0.231. The van der Waals surface area contributed by atoms with E-state index in [1.165, 1.54) is 0 Å². The molecule has 2 aromatic rings. The third kappa shape index (κ3) is 4.66. The minimum absolute atomic E-state index is 0.0283. The number of nitrogens with zero attached hydrogens (tertiary/aromatic N) is 4. The van der Waals surface area contributed by atoms with E-state index in [4.69, 9.17) is 9.62 Å². The van der Waals surface area contributed by atoms with Crippen molar-refractivity contribution in [1.82, 2.24) is 25.2 Å². The van der Waals surface area contributed by atoms with Crippen molar-refractivity contribution in [2.24, 2.45) is 0 Å². The third-order valence-electron chi connectivity index (χ3n) is 6.19. The summed E-state index contributed by atoms with van der Waals surface area (Å²) in [4.78, 5) is 27.0. The van der Waals surface area contributed by atoms with Gasteiger partial charge in [-0.05, 0) is 60.8 Å². The van der Waals surface area contributed by atoms with Crippen LogP contribution in [-0.2, 0) is 16.8 Å². The van der Waals surface area contributed by atoms with Crippen molar-refractivity contribution in [3.63, 3.8) is 0 Å². The molecule has 1 aliphatic carbocycles. The number of urea groups is 1. The fourth-order valence-electron chi connectivity index (χ4n) is 4.83. The van der Waals surface area contributed by atoms with Crippen LogP contribution in [0, 0.1) is 6.92 Å². The monoisotopic (exact) mass is 442 g/mol. The van der Waals surface area contributed by atoms with Gasteiger partial charge in [0.1, 0.15) is 5.76 Å². The summed E-state index contributed by atoms with van der Waals surface area (Å²) in [6.45, 7) is 13.0. The van der Waals surface area contributed by atoms with E-state index in [1.807, 2.05) is 22.6 Å². The molecule has 1 saturated carbocycles. The highest BCUT2D eigenvalue weighted by atomic mass is 16.5. The van der Waals surface area contributed by atoms with Gasteiger partial charge >= 0.3 is 6.03 Å². The number of aryl methyl sites for hydroxylation is 1. The molecule has 2 atom stereocenters. The Morgan fingerprint density at radius 3 is 2.66 bits per heavy atom. The molecule has 9 nitrogen and oxygen atoms in total. The second-order valence-electron chi connectivity index (χ2n) is 10.8. The van der Waals surface area contributed by atoms with E-state index >= 15 is 0 Å². The predicted molar refractivity (Wildman–Crippen MR) is 120 cm³/mol. The summed E-state index contributed by atoms with van der Waals surface area (Å²) in [6.07, 6.45) is 2.97. The molecule has 2 N–H and O–H groups in total. The molecule has 0 aromatic carbocycles. The largest absolute Gasteiger partial charge is 0.361 e. The summed E-state index contributed by atoms with van der Waals surface area (Å²) in [7, 11) is 0. The summed E-state index contributed by atoms with van der Waals surface area (Å²) in [5.74, 6) is 1.16. The van der Waals surface area contributed by atoms with E-state index in [0.717, 1.165) is 37.2 Å².